The normalized spacial score (nSPS) is 15.6. The van der Waals surface area contributed by atoms with Gasteiger partial charge < -0.3 is 14.6 Å². The van der Waals surface area contributed by atoms with Crippen molar-refractivity contribution in [1.29, 1.82) is 0 Å². The Hall–Kier alpha value is -2.05. The van der Waals surface area contributed by atoms with E-state index in [0.29, 0.717) is 55.6 Å². The number of piperazine rings is 1. The average Bonchev–Trinajstić information content (AvgIpc) is 2.94. The minimum Gasteiger partial charge on any atom is -0.449 e. The van der Waals surface area contributed by atoms with Crippen molar-refractivity contribution in [1.82, 2.24) is 15.1 Å². The van der Waals surface area contributed by atoms with Gasteiger partial charge in [0.2, 0.25) is 5.91 Å². The van der Waals surface area contributed by atoms with E-state index in [1.807, 2.05) is 26.0 Å². The average molecular weight is 364 g/mol. The fourth-order valence-electron chi connectivity index (χ4n) is 3.12. The number of hydrogen-bond acceptors (Lipinski definition) is 4. The summed E-state index contributed by atoms with van der Waals surface area (Å²) in [5.41, 5.74) is 1.37. The van der Waals surface area contributed by atoms with Crippen LogP contribution in [-0.2, 0) is 4.79 Å². The number of nitrogens with zero attached hydrogens (tertiary/aromatic N) is 2. The van der Waals surface area contributed by atoms with Crippen molar-refractivity contribution in [3.63, 3.8) is 0 Å². The summed E-state index contributed by atoms with van der Waals surface area (Å²) in [5.74, 6) is 0.243. The van der Waals surface area contributed by atoms with Crippen molar-refractivity contribution < 1.29 is 14.0 Å². The molecule has 7 heteroatoms. The molecule has 2 aromatic rings. The second-order valence-electron chi connectivity index (χ2n) is 6.19. The van der Waals surface area contributed by atoms with Crippen LogP contribution in [0, 0.1) is 6.92 Å². The number of likely N-dealkylation sites (N-methyl/N-ethyl adjacent to an activating group) is 1. The summed E-state index contributed by atoms with van der Waals surface area (Å²) in [6.07, 6.45) is 0. The highest BCUT2D eigenvalue weighted by molar-refractivity contribution is 6.35. The third kappa shape index (κ3) is 3.65. The predicted molar refractivity (Wildman–Crippen MR) is 97.0 cm³/mol. The van der Waals surface area contributed by atoms with E-state index in [2.05, 4.69) is 10.2 Å². The molecule has 0 saturated carbocycles. The molecule has 6 nitrogen and oxygen atoms in total. The highest BCUT2D eigenvalue weighted by Crippen LogP contribution is 2.31. The first-order valence-corrected chi connectivity index (χ1v) is 8.85. The number of amides is 2. The third-order valence-corrected chi connectivity index (χ3v) is 4.81. The van der Waals surface area contributed by atoms with E-state index in [9.17, 15) is 9.59 Å². The second-order valence-corrected chi connectivity index (χ2v) is 6.60. The molecule has 134 valence electrons. The Morgan fingerprint density at radius 2 is 1.96 bits per heavy atom. The van der Waals surface area contributed by atoms with Crippen molar-refractivity contribution in [2.75, 3.05) is 39.3 Å². The minimum absolute atomic E-state index is 0.0186. The van der Waals surface area contributed by atoms with E-state index < -0.39 is 0 Å². The zero-order valence-corrected chi connectivity index (χ0v) is 15.2. The van der Waals surface area contributed by atoms with Crippen LogP contribution in [0.3, 0.4) is 0 Å². The van der Waals surface area contributed by atoms with Gasteiger partial charge in [0.05, 0.1) is 11.6 Å². The van der Waals surface area contributed by atoms with E-state index in [1.54, 1.807) is 11.0 Å². The number of hydrogen-bond donors (Lipinski definition) is 1. The van der Waals surface area contributed by atoms with Gasteiger partial charge in [-0.2, -0.15) is 0 Å². The number of para-hydroxylation sites is 1. The highest BCUT2D eigenvalue weighted by Gasteiger charge is 2.27. The molecule has 1 aliphatic rings. The molecule has 0 bridgehead atoms. The van der Waals surface area contributed by atoms with Gasteiger partial charge in [-0.3, -0.25) is 14.5 Å². The Labute approximate surface area is 151 Å². The maximum Gasteiger partial charge on any atom is 0.289 e. The number of benzene rings is 1. The molecule has 3 rings (SSSR count). The zero-order valence-electron chi connectivity index (χ0n) is 14.5. The van der Waals surface area contributed by atoms with Crippen molar-refractivity contribution in [3.05, 3.63) is 34.5 Å². The van der Waals surface area contributed by atoms with Gasteiger partial charge in [-0.05, 0) is 19.9 Å². The summed E-state index contributed by atoms with van der Waals surface area (Å²) in [4.78, 5) is 28.3. The molecule has 2 amide bonds. The smallest absolute Gasteiger partial charge is 0.289 e. The van der Waals surface area contributed by atoms with Gasteiger partial charge in [0.1, 0.15) is 0 Å². The molecule has 1 fully saturated rings. The number of furan rings is 1. The molecule has 1 N–H and O–H groups in total. The van der Waals surface area contributed by atoms with Crippen LogP contribution >= 0.6 is 11.6 Å². The molecule has 0 spiro atoms. The van der Waals surface area contributed by atoms with Crippen LogP contribution in [0.4, 0.5) is 0 Å². The van der Waals surface area contributed by atoms with E-state index in [4.69, 9.17) is 16.0 Å². The quantitative estimate of drug-likeness (QED) is 0.905. The first kappa shape index (κ1) is 17.8. The molecule has 1 aromatic carbocycles. The summed E-state index contributed by atoms with van der Waals surface area (Å²) < 4.78 is 5.77. The number of carbonyl (C=O) groups is 2. The summed E-state index contributed by atoms with van der Waals surface area (Å²) >= 11 is 6.16. The lowest BCUT2D eigenvalue weighted by atomic mass is 10.1. The van der Waals surface area contributed by atoms with Gasteiger partial charge >= 0.3 is 0 Å². The molecule has 25 heavy (non-hydrogen) atoms. The molecule has 0 unspecified atom stereocenters. The lowest BCUT2D eigenvalue weighted by Crippen LogP contribution is -2.51. The van der Waals surface area contributed by atoms with Gasteiger partial charge in [-0.1, -0.05) is 23.7 Å². The molecule has 1 aromatic heterocycles. The van der Waals surface area contributed by atoms with Crippen LogP contribution in [0.2, 0.25) is 5.02 Å². The number of aryl methyl sites for hydroxylation is 1. The maximum atomic E-state index is 12.8. The Balaban J connectivity index is 1.68. The number of rotatable bonds is 4. The second kappa shape index (κ2) is 7.45. The molecule has 1 aliphatic heterocycles. The van der Waals surface area contributed by atoms with Crippen molar-refractivity contribution >= 4 is 34.4 Å². The lowest BCUT2D eigenvalue weighted by molar-refractivity contribution is -0.122. The molecule has 1 saturated heterocycles. The van der Waals surface area contributed by atoms with Gasteiger partial charge in [0.25, 0.3) is 5.91 Å². The summed E-state index contributed by atoms with van der Waals surface area (Å²) in [6, 6.07) is 5.50. The maximum absolute atomic E-state index is 12.8. The number of halogens is 1. The first-order chi connectivity index (χ1) is 12.0. The van der Waals surface area contributed by atoms with E-state index in [-0.39, 0.29) is 11.8 Å². The fourth-order valence-corrected chi connectivity index (χ4v) is 3.33. The molecule has 0 radical (unpaired) electrons. The lowest BCUT2D eigenvalue weighted by Gasteiger charge is -2.33. The largest absolute Gasteiger partial charge is 0.449 e. The SMILES string of the molecule is CCNC(=O)CN1CCN(C(=O)c2oc3c(Cl)cccc3c2C)CC1. The summed E-state index contributed by atoms with van der Waals surface area (Å²) in [6.45, 7) is 7.26. The van der Waals surface area contributed by atoms with Crippen LogP contribution in [0.25, 0.3) is 11.0 Å². The number of nitrogens with one attached hydrogen (secondary N) is 1. The van der Waals surface area contributed by atoms with E-state index in [1.165, 1.54) is 0 Å². The van der Waals surface area contributed by atoms with Crippen LogP contribution < -0.4 is 5.32 Å². The highest BCUT2D eigenvalue weighted by atomic mass is 35.5. The van der Waals surface area contributed by atoms with Gasteiger partial charge in [0.15, 0.2) is 11.3 Å². The van der Waals surface area contributed by atoms with Crippen molar-refractivity contribution in [2.45, 2.75) is 13.8 Å². The third-order valence-electron chi connectivity index (χ3n) is 4.51. The van der Waals surface area contributed by atoms with E-state index >= 15 is 0 Å². The first-order valence-electron chi connectivity index (χ1n) is 8.47. The molecule has 2 heterocycles. The molecule has 0 aliphatic carbocycles. The van der Waals surface area contributed by atoms with Gasteiger partial charge in [-0.25, -0.2) is 0 Å². The minimum atomic E-state index is -0.123. The standard InChI is InChI=1S/C18H22ClN3O3/c1-3-20-15(23)11-21-7-9-22(10-8-21)18(24)16-12(2)13-5-4-6-14(19)17(13)25-16/h4-6H,3,7-11H2,1-2H3,(H,20,23). The molecule has 0 atom stereocenters. The Kier molecular flexibility index (Phi) is 5.30. The Bertz CT molecular complexity index is 794. The van der Waals surface area contributed by atoms with Crippen LogP contribution in [0.1, 0.15) is 23.0 Å². The van der Waals surface area contributed by atoms with Crippen LogP contribution in [0.5, 0.6) is 0 Å². The van der Waals surface area contributed by atoms with E-state index in [0.717, 1.165) is 10.9 Å². The molecular weight excluding hydrogens is 342 g/mol. The predicted octanol–water partition coefficient (Wildman–Crippen LogP) is 2.29. The monoisotopic (exact) mass is 363 g/mol. The van der Waals surface area contributed by atoms with Crippen LogP contribution in [0.15, 0.2) is 22.6 Å². The van der Waals surface area contributed by atoms with Gasteiger partial charge in [-0.15, -0.1) is 0 Å². The fraction of sp³-hybridized carbons (Fsp3) is 0.444. The zero-order chi connectivity index (χ0) is 18.0. The summed E-state index contributed by atoms with van der Waals surface area (Å²) in [5, 5.41) is 4.16. The molecular formula is C18H22ClN3O3. The Morgan fingerprint density at radius 3 is 2.60 bits per heavy atom. The van der Waals surface area contributed by atoms with Crippen molar-refractivity contribution in [2.24, 2.45) is 0 Å². The van der Waals surface area contributed by atoms with Gasteiger partial charge in [0, 0.05) is 43.7 Å². The summed E-state index contributed by atoms with van der Waals surface area (Å²) in [7, 11) is 0. The number of fused-ring (bicyclic) bond motifs is 1. The Morgan fingerprint density at radius 1 is 1.24 bits per heavy atom. The topological polar surface area (TPSA) is 65.8 Å². The van der Waals surface area contributed by atoms with Crippen molar-refractivity contribution in [3.8, 4) is 0 Å². The number of carbonyl (C=O) groups excluding carboxylic acids is 2. The van der Waals surface area contributed by atoms with Crippen LogP contribution in [-0.4, -0.2) is 60.9 Å².